The van der Waals surface area contributed by atoms with Crippen molar-refractivity contribution in [2.24, 2.45) is 0 Å². The molecule has 0 aromatic carbocycles. The van der Waals surface area contributed by atoms with Crippen LogP contribution in [-0.2, 0) is 14.3 Å². The molecule has 3 rings (SSSR count). The average molecular weight is 155 g/mol. The maximum Gasteiger partial charge on any atom is 0.267 e. The number of ether oxygens (including phenoxy) is 2. The molecule has 2 bridgehead atoms. The molecule has 3 aliphatic rings. The maximum absolute atomic E-state index is 5.14. The summed E-state index contributed by atoms with van der Waals surface area (Å²) < 4.78 is 10.1. The molecule has 0 radical (unpaired) electrons. The lowest BCUT2D eigenvalue weighted by atomic mass is 10.3. The third kappa shape index (κ3) is 0.753. The topological polar surface area (TPSA) is 30.9 Å². The zero-order valence-corrected chi connectivity index (χ0v) is 6.46. The van der Waals surface area contributed by atoms with Crippen molar-refractivity contribution < 1.29 is 14.3 Å². The van der Waals surface area contributed by atoms with Crippen LogP contribution in [0.1, 0.15) is 0 Å². The molecule has 0 aliphatic carbocycles. The second-order valence-electron chi connectivity index (χ2n) is 2.32. The van der Waals surface area contributed by atoms with E-state index in [0.717, 1.165) is 18.1 Å². The van der Waals surface area contributed by atoms with Crippen molar-refractivity contribution in [3.63, 3.8) is 0 Å². The Bertz CT molecular complexity index is 236. The van der Waals surface area contributed by atoms with Crippen molar-refractivity contribution in [3.05, 3.63) is 23.5 Å². The molecule has 0 unspecified atom stereocenters. The summed E-state index contributed by atoms with van der Waals surface area (Å²) in [6, 6.07) is 0. The number of hydrogen-bond donors (Lipinski definition) is 0. The van der Waals surface area contributed by atoms with Crippen LogP contribution in [0.5, 0.6) is 0 Å². The molecule has 1 saturated heterocycles. The van der Waals surface area contributed by atoms with Crippen LogP contribution in [0, 0.1) is 0 Å². The van der Waals surface area contributed by atoms with E-state index < -0.39 is 0 Å². The summed E-state index contributed by atoms with van der Waals surface area (Å²) >= 11 is 0. The zero-order valence-electron chi connectivity index (χ0n) is 6.46. The fraction of sp³-hybridized carbons (Fsp3) is 0.429. The molecule has 4 heteroatoms. The molecule has 3 aliphatic heterocycles. The van der Waals surface area contributed by atoms with Crippen LogP contribution in [-0.4, -0.2) is 25.8 Å². The van der Waals surface area contributed by atoms with Gasteiger partial charge in [-0.15, -0.1) is 0 Å². The molecule has 0 aromatic rings. The minimum Gasteiger partial charge on any atom is -0.491 e. The minimum absolute atomic E-state index is 0.641. The summed E-state index contributed by atoms with van der Waals surface area (Å²) in [6.45, 7) is 0.788. The molecule has 0 atom stereocenters. The van der Waals surface area contributed by atoms with Gasteiger partial charge in [0.1, 0.15) is 6.54 Å². The summed E-state index contributed by atoms with van der Waals surface area (Å²) in [5, 5.41) is 1.65. The molecule has 4 nitrogen and oxygen atoms in total. The largest absolute Gasteiger partial charge is 0.491 e. The van der Waals surface area contributed by atoms with Crippen LogP contribution in [0.4, 0.5) is 0 Å². The second kappa shape index (κ2) is 2.08. The molecule has 1 fully saturated rings. The highest BCUT2D eigenvalue weighted by molar-refractivity contribution is 5.27. The van der Waals surface area contributed by atoms with E-state index in [-0.39, 0.29) is 0 Å². The second-order valence-corrected chi connectivity index (χ2v) is 2.32. The van der Waals surface area contributed by atoms with Crippen LogP contribution in [0.3, 0.4) is 0 Å². The quantitative estimate of drug-likeness (QED) is 0.584. The molecule has 60 valence electrons. The van der Waals surface area contributed by atoms with Crippen LogP contribution in [0.2, 0.25) is 0 Å². The minimum atomic E-state index is 0.641. The van der Waals surface area contributed by atoms with Crippen molar-refractivity contribution in [1.82, 2.24) is 5.06 Å². The van der Waals surface area contributed by atoms with Crippen molar-refractivity contribution in [3.8, 4) is 0 Å². The lowest BCUT2D eigenvalue weighted by Crippen LogP contribution is -2.41. The van der Waals surface area contributed by atoms with Gasteiger partial charge in [0.05, 0.1) is 14.2 Å². The molecule has 11 heavy (non-hydrogen) atoms. The first-order valence-corrected chi connectivity index (χ1v) is 3.33. The van der Waals surface area contributed by atoms with Crippen LogP contribution < -0.4 is 0 Å². The van der Waals surface area contributed by atoms with Crippen molar-refractivity contribution in [1.29, 1.82) is 0 Å². The Labute approximate surface area is 64.6 Å². The van der Waals surface area contributed by atoms with E-state index in [2.05, 4.69) is 0 Å². The Morgan fingerprint density at radius 3 is 2.64 bits per heavy atom. The van der Waals surface area contributed by atoms with Gasteiger partial charge in [0.2, 0.25) is 0 Å². The van der Waals surface area contributed by atoms with Crippen molar-refractivity contribution in [2.45, 2.75) is 0 Å². The van der Waals surface area contributed by atoms with Gasteiger partial charge in [-0.25, -0.2) is 0 Å². The predicted octanol–water partition coefficient (Wildman–Crippen LogP) is 0.593. The number of rotatable bonds is 2. The lowest BCUT2D eigenvalue weighted by Gasteiger charge is -2.38. The third-order valence-corrected chi connectivity index (χ3v) is 1.67. The molecule has 0 aromatic heterocycles. The molecule has 0 spiro atoms. The predicted molar refractivity (Wildman–Crippen MR) is 36.9 cm³/mol. The molecular formula is C7H9NO3. The Kier molecular flexibility index (Phi) is 1.21. The third-order valence-electron chi connectivity index (χ3n) is 1.67. The van der Waals surface area contributed by atoms with E-state index in [4.69, 9.17) is 14.3 Å². The van der Waals surface area contributed by atoms with Gasteiger partial charge in [0, 0.05) is 6.08 Å². The lowest BCUT2D eigenvalue weighted by molar-refractivity contribution is -0.205. The highest BCUT2D eigenvalue weighted by atomic mass is 16.7. The van der Waals surface area contributed by atoms with E-state index in [0.29, 0.717) is 5.88 Å². The molecule has 3 heterocycles. The van der Waals surface area contributed by atoms with Crippen LogP contribution in [0.25, 0.3) is 0 Å². The van der Waals surface area contributed by atoms with Gasteiger partial charge in [0.15, 0.2) is 11.5 Å². The first-order valence-electron chi connectivity index (χ1n) is 3.33. The molecule has 0 saturated carbocycles. The SMILES string of the molecule is COC1=C(OC)N2CC(=C1)O2. The highest BCUT2D eigenvalue weighted by Gasteiger charge is 2.34. The van der Waals surface area contributed by atoms with E-state index in [1.165, 1.54) is 0 Å². The Balaban J connectivity index is 2.30. The first kappa shape index (κ1) is 6.39. The fourth-order valence-corrected chi connectivity index (χ4v) is 1.14. The summed E-state index contributed by atoms with van der Waals surface area (Å²) in [4.78, 5) is 5.14. The van der Waals surface area contributed by atoms with Gasteiger partial charge >= 0.3 is 0 Å². The van der Waals surface area contributed by atoms with Gasteiger partial charge in [-0.1, -0.05) is 0 Å². The van der Waals surface area contributed by atoms with Gasteiger partial charge < -0.3 is 14.3 Å². The standard InChI is InChI=1S/C7H9NO3/c1-9-6-3-5-4-8(11-5)7(6)10-2/h3H,4H2,1-2H3. The molecule has 0 N–H and O–H groups in total. The van der Waals surface area contributed by atoms with Gasteiger partial charge in [-0.2, -0.15) is 5.06 Å². The van der Waals surface area contributed by atoms with Crippen LogP contribution in [0.15, 0.2) is 23.5 Å². The number of hydrogen-bond acceptors (Lipinski definition) is 4. The smallest absolute Gasteiger partial charge is 0.267 e. The van der Waals surface area contributed by atoms with Gasteiger partial charge in [-0.05, 0) is 0 Å². The van der Waals surface area contributed by atoms with Gasteiger partial charge in [0.25, 0.3) is 5.88 Å². The molecular weight excluding hydrogens is 146 g/mol. The summed E-state index contributed by atoms with van der Waals surface area (Å²) in [7, 11) is 3.20. The van der Waals surface area contributed by atoms with Crippen molar-refractivity contribution in [2.75, 3.05) is 20.8 Å². The summed E-state index contributed by atoms with van der Waals surface area (Å²) in [6.07, 6.45) is 1.83. The Hall–Kier alpha value is -1.32. The first-order chi connectivity index (χ1) is 5.35. The highest BCUT2D eigenvalue weighted by Crippen LogP contribution is 2.31. The average Bonchev–Trinajstić information content (AvgIpc) is 2.01. The van der Waals surface area contributed by atoms with E-state index in [1.807, 2.05) is 6.08 Å². The fourth-order valence-electron chi connectivity index (χ4n) is 1.14. The number of nitrogens with zero attached hydrogens (tertiary/aromatic N) is 1. The van der Waals surface area contributed by atoms with E-state index in [9.17, 15) is 0 Å². The summed E-state index contributed by atoms with van der Waals surface area (Å²) in [5.74, 6) is 2.28. The normalized spacial score (nSPS) is 20.2. The zero-order chi connectivity index (χ0) is 7.84. The monoisotopic (exact) mass is 155 g/mol. The van der Waals surface area contributed by atoms with Gasteiger partial charge in [-0.3, -0.25) is 0 Å². The number of fused-ring (bicyclic) bond motifs is 1. The maximum atomic E-state index is 5.14. The van der Waals surface area contributed by atoms with Crippen LogP contribution >= 0.6 is 0 Å². The molecule has 0 amide bonds. The Morgan fingerprint density at radius 1 is 1.45 bits per heavy atom. The number of methoxy groups -OCH3 is 2. The number of hydroxylamine groups is 2. The van der Waals surface area contributed by atoms with E-state index in [1.54, 1.807) is 19.3 Å². The van der Waals surface area contributed by atoms with Crippen molar-refractivity contribution >= 4 is 0 Å². The Morgan fingerprint density at radius 2 is 2.18 bits per heavy atom. The summed E-state index contributed by atoms with van der Waals surface area (Å²) in [5.41, 5.74) is 0. The van der Waals surface area contributed by atoms with E-state index >= 15 is 0 Å². The number of allylic oxidation sites excluding steroid dienone is 1.